The maximum atomic E-state index is 12.0. The van der Waals surface area contributed by atoms with Crippen molar-refractivity contribution in [3.8, 4) is 0 Å². The van der Waals surface area contributed by atoms with Crippen molar-refractivity contribution in [2.24, 2.45) is 0 Å². The molecular formula is C18H20N2O3. The van der Waals surface area contributed by atoms with Gasteiger partial charge in [0.15, 0.2) is 0 Å². The second kappa shape index (κ2) is 8.58. The lowest BCUT2D eigenvalue weighted by Crippen LogP contribution is -2.13. The van der Waals surface area contributed by atoms with Gasteiger partial charge in [-0.3, -0.25) is 10.1 Å². The number of benzene rings is 2. The van der Waals surface area contributed by atoms with Crippen LogP contribution in [0.15, 0.2) is 54.6 Å². The summed E-state index contributed by atoms with van der Waals surface area (Å²) in [6.07, 6.45) is 1.56. The fraction of sp³-hybridized carbons (Fsp3) is 0.222. The fourth-order valence-electron chi connectivity index (χ4n) is 2.16. The van der Waals surface area contributed by atoms with Gasteiger partial charge in [0.2, 0.25) is 5.91 Å². The Bertz CT molecular complexity index is 656. The summed E-state index contributed by atoms with van der Waals surface area (Å²) in [5.41, 5.74) is 2.44. The Labute approximate surface area is 135 Å². The standard InChI is InChI=1S/C18H20N2O3/c1-23-18(22)20-16-11-6-10-15(13-16)19-17(21)12-5-9-14-7-3-2-4-8-14/h2-4,6-8,10-11,13H,5,9,12H2,1H3,(H,19,21)(H,20,22). The van der Waals surface area contributed by atoms with Gasteiger partial charge in [-0.15, -0.1) is 0 Å². The predicted molar refractivity (Wildman–Crippen MR) is 90.5 cm³/mol. The molecule has 0 bridgehead atoms. The maximum absolute atomic E-state index is 12.0. The topological polar surface area (TPSA) is 67.4 Å². The highest BCUT2D eigenvalue weighted by Gasteiger charge is 2.05. The number of ether oxygens (including phenoxy) is 1. The Balaban J connectivity index is 1.80. The smallest absolute Gasteiger partial charge is 0.411 e. The number of methoxy groups -OCH3 is 1. The molecule has 2 amide bonds. The molecule has 2 rings (SSSR count). The Hall–Kier alpha value is -2.82. The van der Waals surface area contributed by atoms with Gasteiger partial charge in [-0.05, 0) is 36.6 Å². The van der Waals surface area contributed by atoms with Crippen LogP contribution in [0.2, 0.25) is 0 Å². The average Bonchev–Trinajstić information content (AvgIpc) is 2.56. The molecule has 0 saturated carbocycles. The van der Waals surface area contributed by atoms with Crippen molar-refractivity contribution < 1.29 is 14.3 Å². The number of nitrogens with one attached hydrogen (secondary N) is 2. The van der Waals surface area contributed by atoms with Crippen LogP contribution in [-0.2, 0) is 16.0 Å². The van der Waals surface area contributed by atoms with E-state index in [0.717, 1.165) is 12.8 Å². The summed E-state index contributed by atoms with van der Waals surface area (Å²) in [5, 5.41) is 5.39. The highest BCUT2D eigenvalue weighted by Crippen LogP contribution is 2.16. The molecule has 2 aromatic carbocycles. The summed E-state index contributed by atoms with van der Waals surface area (Å²) in [5.74, 6) is -0.0452. The lowest BCUT2D eigenvalue weighted by atomic mass is 10.1. The molecule has 0 heterocycles. The molecule has 23 heavy (non-hydrogen) atoms. The van der Waals surface area contributed by atoms with Gasteiger partial charge < -0.3 is 10.1 Å². The van der Waals surface area contributed by atoms with E-state index < -0.39 is 6.09 Å². The van der Waals surface area contributed by atoms with E-state index in [4.69, 9.17) is 0 Å². The number of amides is 2. The molecule has 0 spiro atoms. The summed E-state index contributed by atoms with van der Waals surface area (Å²) in [6, 6.07) is 17.0. The SMILES string of the molecule is COC(=O)Nc1cccc(NC(=O)CCCc2ccccc2)c1. The monoisotopic (exact) mass is 312 g/mol. The van der Waals surface area contributed by atoms with Crippen LogP contribution in [0.1, 0.15) is 18.4 Å². The van der Waals surface area contributed by atoms with Crippen LogP contribution in [0.3, 0.4) is 0 Å². The van der Waals surface area contributed by atoms with Crippen molar-refractivity contribution in [1.82, 2.24) is 0 Å². The first-order valence-corrected chi connectivity index (χ1v) is 7.46. The molecule has 0 aliphatic carbocycles. The largest absolute Gasteiger partial charge is 0.453 e. The molecule has 0 radical (unpaired) electrons. The van der Waals surface area contributed by atoms with Crippen molar-refractivity contribution in [3.63, 3.8) is 0 Å². The Morgan fingerprint density at radius 2 is 1.65 bits per heavy atom. The van der Waals surface area contributed by atoms with E-state index in [-0.39, 0.29) is 5.91 Å². The Morgan fingerprint density at radius 3 is 2.35 bits per heavy atom. The minimum atomic E-state index is -0.545. The molecule has 0 aliphatic heterocycles. The normalized spacial score (nSPS) is 9.96. The van der Waals surface area contributed by atoms with E-state index in [2.05, 4.69) is 27.5 Å². The lowest BCUT2D eigenvalue weighted by molar-refractivity contribution is -0.116. The number of hydrogen-bond acceptors (Lipinski definition) is 3. The first-order chi connectivity index (χ1) is 11.2. The third kappa shape index (κ3) is 5.82. The highest BCUT2D eigenvalue weighted by atomic mass is 16.5. The Morgan fingerprint density at radius 1 is 0.957 bits per heavy atom. The van der Waals surface area contributed by atoms with E-state index >= 15 is 0 Å². The molecule has 0 saturated heterocycles. The first kappa shape index (κ1) is 16.5. The van der Waals surface area contributed by atoms with E-state index in [1.54, 1.807) is 24.3 Å². The highest BCUT2D eigenvalue weighted by molar-refractivity contribution is 5.92. The average molecular weight is 312 g/mol. The second-order valence-electron chi connectivity index (χ2n) is 5.08. The first-order valence-electron chi connectivity index (χ1n) is 7.46. The van der Waals surface area contributed by atoms with Gasteiger partial charge in [-0.1, -0.05) is 36.4 Å². The van der Waals surface area contributed by atoms with Gasteiger partial charge in [-0.2, -0.15) is 0 Å². The third-order valence-corrected chi connectivity index (χ3v) is 3.29. The van der Waals surface area contributed by atoms with Gasteiger partial charge >= 0.3 is 6.09 Å². The molecule has 0 aromatic heterocycles. The number of rotatable bonds is 6. The molecule has 0 aliphatic rings. The molecule has 0 atom stereocenters. The zero-order valence-corrected chi connectivity index (χ0v) is 13.0. The third-order valence-electron chi connectivity index (χ3n) is 3.29. The molecule has 2 aromatic rings. The van der Waals surface area contributed by atoms with Gasteiger partial charge in [0.25, 0.3) is 0 Å². The van der Waals surface area contributed by atoms with Crippen molar-refractivity contribution in [3.05, 3.63) is 60.2 Å². The van der Waals surface area contributed by atoms with Gasteiger partial charge in [0.05, 0.1) is 7.11 Å². The molecule has 0 unspecified atom stereocenters. The van der Waals surface area contributed by atoms with Crippen LogP contribution in [0, 0.1) is 0 Å². The van der Waals surface area contributed by atoms with Crippen LogP contribution >= 0.6 is 0 Å². The van der Waals surface area contributed by atoms with Crippen molar-refractivity contribution >= 4 is 23.4 Å². The summed E-state index contributed by atoms with van der Waals surface area (Å²) < 4.78 is 4.53. The minimum absolute atomic E-state index is 0.0452. The molecule has 0 fully saturated rings. The van der Waals surface area contributed by atoms with Crippen LogP contribution in [0.5, 0.6) is 0 Å². The number of hydrogen-bond donors (Lipinski definition) is 2. The summed E-state index contributed by atoms with van der Waals surface area (Å²) in [7, 11) is 1.30. The van der Waals surface area contributed by atoms with Crippen molar-refractivity contribution in [2.75, 3.05) is 17.7 Å². The quantitative estimate of drug-likeness (QED) is 0.852. The minimum Gasteiger partial charge on any atom is -0.453 e. The van der Waals surface area contributed by atoms with E-state index in [1.807, 2.05) is 18.2 Å². The van der Waals surface area contributed by atoms with Crippen LogP contribution in [0.4, 0.5) is 16.2 Å². The van der Waals surface area contributed by atoms with Gasteiger partial charge in [0, 0.05) is 17.8 Å². The molecule has 120 valence electrons. The van der Waals surface area contributed by atoms with E-state index in [9.17, 15) is 9.59 Å². The fourth-order valence-corrected chi connectivity index (χ4v) is 2.16. The number of carbonyl (C=O) groups is 2. The zero-order valence-electron chi connectivity index (χ0n) is 13.0. The van der Waals surface area contributed by atoms with Crippen molar-refractivity contribution in [1.29, 1.82) is 0 Å². The molecule has 2 N–H and O–H groups in total. The molecular weight excluding hydrogens is 292 g/mol. The number of aryl methyl sites for hydroxylation is 1. The summed E-state index contributed by atoms with van der Waals surface area (Å²) >= 11 is 0. The van der Waals surface area contributed by atoms with E-state index in [1.165, 1.54) is 12.7 Å². The summed E-state index contributed by atoms with van der Waals surface area (Å²) in [6.45, 7) is 0. The van der Waals surface area contributed by atoms with E-state index in [0.29, 0.717) is 17.8 Å². The second-order valence-corrected chi connectivity index (χ2v) is 5.08. The molecule has 5 nitrogen and oxygen atoms in total. The zero-order chi connectivity index (χ0) is 16.5. The number of carbonyl (C=O) groups excluding carboxylic acids is 2. The van der Waals surface area contributed by atoms with Crippen molar-refractivity contribution in [2.45, 2.75) is 19.3 Å². The van der Waals surface area contributed by atoms with Crippen LogP contribution < -0.4 is 10.6 Å². The predicted octanol–water partition coefficient (Wildman–Crippen LogP) is 3.83. The van der Waals surface area contributed by atoms with Crippen LogP contribution in [0.25, 0.3) is 0 Å². The number of anilines is 2. The maximum Gasteiger partial charge on any atom is 0.411 e. The van der Waals surface area contributed by atoms with Crippen LogP contribution in [-0.4, -0.2) is 19.1 Å². The summed E-state index contributed by atoms with van der Waals surface area (Å²) in [4.78, 5) is 23.1. The molecule has 5 heteroatoms. The van der Waals surface area contributed by atoms with Gasteiger partial charge in [-0.25, -0.2) is 4.79 Å². The Kier molecular flexibility index (Phi) is 6.17. The lowest BCUT2D eigenvalue weighted by Gasteiger charge is -2.08. The van der Waals surface area contributed by atoms with Gasteiger partial charge in [0.1, 0.15) is 0 Å².